The fourth-order valence-corrected chi connectivity index (χ4v) is 5.11. The van der Waals surface area contributed by atoms with Gasteiger partial charge in [-0.15, -0.1) is 0 Å². The largest absolute Gasteiger partial charge is 0.378 e. The van der Waals surface area contributed by atoms with Crippen LogP contribution in [0.15, 0.2) is 90.1 Å². The molecule has 0 spiro atoms. The number of carbonyl (C=O) groups excluding carboxylic acids is 2. The molecular weight excluding hydrogens is 448 g/mol. The van der Waals surface area contributed by atoms with Crippen LogP contribution >= 0.6 is 0 Å². The van der Waals surface area contributed by atoms with E-state index in [9.17, 15) is 9.59 Å². The lowest BCUT2D eigenvalue weighted by atomic mass is 9.92. The first-order chi connectivity index (χ1) is 17.2. The highest BCUT2D eigenvalue weighted by Crippen LogP contribution is 2.44. The smallest absolute Gasteiger partial charge is 0.258 e. The third-order valence-electron chi connectivity index (χ3n) is 7.44. The van der Waals surface area contributed by atoms with Crippen LogP contribution in [0.1, 0.15) is 29.8 Å². The SMILES string of the molecule is CN(C)c1ccc(C(=O)N2c3ccccc3NC3=C(C(=O)N(C)C3(C)C)C2Cc2ccccc2)cc1. The monoisotopic (exact) mass is 480 g/mol. The lowest BCUT2D eigenvalue weighted by molar-refractivity contribution is -0.127. The molecule has 0 aromatic heterocycles. The zero-order valence-electron chi connectivity index (χ0n) is 21.4. The van der Waals surface area contributed by atoms with Crippen molar-refractivity contribution >= 4 is 28.9 Å². The van der Waals surface area contributed by atoms with E-state index in [0.717, 1.165) is 28.3 Å². The Bertz CT molecular complexity index is 1340. The van der Waals surface area contributed by atoms with Gasteiger partial charge in [0, 0.05) is 32.4 Å². The number of nitrogens with zero attached hydrogens (tertiary/aromatic N) is 3. The molecule has 1 atom stereocenters. The molecule has 3 aromatic carbocycles. The third-order valence-corrected chi connectivity index (χ3v) is 7.44. The molecule has 1 unspecified atom stereocenters. The van der Waals surface area contributed by atoms with E-state index >= 15 is 0 Å². The topological polar surface area (TPSA) is 55.9 Å². The van der Waals surface area contributed by atoms with Crippen molar-refractivity contribution in [2.24, 2.45) is 0 Å². The second-order valence-corrected chi connectivity index (χ2v) is 10.2. The maximum Gasteiger partial charge on any atom is 0.258 e. The average Bonchev–Trinajstić information content (AvgIpc) is 2.98. The molecule has 2 aliphatic heterocycles. The van der Waals surface area contributed by atoms with Crippen LogP contribution in [0.25, 0.3) is 0 Å². The summed E-state index contributed by atoms with van der Waals surface area (Å²) < 4.78 is 0. The van der Waals surface area contributed by atoms with E-state index in [2.05, 4.69) is 5.32 Å². The minimum absolute atomic E-state index is 0.0583. The number of hydrogen-bond donors (Lipinski definition) is 1. The van der Waals surface area contributed by atoms with Crippen LogP contribution in [0.3, 0.4) is 0 Å². The highest BCUT2D eigenvalue weighted by molar-refractivity contribution is 6.12. The minimum atomic E-state index is -0.541. The Labute approximate surface area is 212 Å². The summed E-state index contributed by atoms with van der Waals surface area (Å²) in [6, 6.07) is 25.0. The van der Waals surface area contributed by atoms with Gasteiger partial charge in [-0.1, -0.05) is 42.5 Å². The molecule has 0 radical (unpaired) electrons. The number of likely N-dealkylation sites (N-methyl/N-ethyl adjacent to an activating group) is 1. The molecule has 0 aliphatic carbocycles. The quantitative estimate of drug-likeness (QED) is 0.575. The van der Waals surface area contributed by atoms with Gasteiger partial charge in [0.25, 0.3) is 11.8 Å². The summed E-state index contributed by atoms with van der Waals surface area (Å²) in [6.07, 6.45) is 0.521. The minimum Gasteiger partial charge on any atom is -0.378 e. The molecule has 2 amide bonds. The van der Waals surface area contributed by atoms with Gasteiger partial charge in [-0.05, 0) is 62.2 Å². The number of amides is 2. The molecule has 2 aliphatic rings. The fraction of sp³-hybridized carbons (Fsp3) is 0.267. The molecule has 0 fully saturated rings. The number of benzene rings is 3. The van der Waals surface area contributed by atoms with Crippen molar-refractivity contribution in [2.75, 3.05) is 36.3 Å². The molecule has 0 bridgehead atoms. The van der Waals surface area contributed by atoms with Gasteiger partial charge < -0.3 is 15.1 Å². The maximum atomic E-state index is 14.3. The lowest BCUT2D eigenvalue weighted by Crippen LogP contribution is -2.46. The molecule has 6 heteroatoms. The summed E-state index contributed by atoms with van der Waals surface area (Å²) in [5.74, 6) is -0.193. The van der Waals surface area contributed by atoms with Gasteiger partial charge in [0.05, 0.1) is 34.2 Å². The van der Waals surface area contributed by atoms with Crippen LogP contribution < -0.4 is 15.1 Å². The number of carbonyl (C=O) groups is 2. The lowest BCUT2D eigenvalue weighted by Gasteiger charge is -2.34. The van der Waals surface area contributed by atoms with Gasteiger partial charge >= 0.3 is 0 Å². The average molecular weight is 481 g/mol. The van der Waals surface area contributed by atoms with Gasteiger partial charge in [0.15, 0.2) is 0 Å². The molecule has 3 aromatic rings. The van der Waals surface area contributed by atoms with E-state index in [0.29, 0.717) is 17.6 Å². The molecule has 5 rings (SSSR count). The number of hydrogen-bond acceptors (Lipinski definition) is 4. The summed E-state index contributed by atoms with van der Waals surface area (Å²) in [6.45, 7) is 4.08. The fourth-order valence-electron chi connectivity index (χ4n) is 5.11. The van der Waals surface area contributed by atoms with Crippen LogP contribution in [-0.2, 0) is 11.2 Å². The predicted molar refractivity (Wildman–Crippen MR) is 145 cm³/mol. The molecular formula is C30H32N4O2. The van der Waals surface area contributed by atoms with Crippen LogP contribution in [-0.4, -0.2) is 49.4 Å². The van der Waals surface area contributed by atoms with Crippen molar-refractivity contribution in [1.82, 2.24) is 4.90 Å². The van der Waals surface area contributed by atoms with Gasteiger partial charge in [-0.2, -0.15) is 0 Å². The Hall–Kier alpha value is -4.06. The molecule has 1 N–H and O–H groups in total. The first-order valence-electron chi connectivity index (χ1n) is 12.2. The van der Waals surface area contributed by atoms with E-state index in [-0.39, 0.29) is 11.8 Å². The molecule has 36 heavy (non-hydrogen) atoms. The number of anilines is 3. The molecule has 0 saturated carbocycles. The number of nitrogens with one attached hydrogen (secondary N) is 1. The predicted octanol–water partition coefficient (Wildman–Crippen LogP) is 4.94. The number of fused-ring (bicyclic) bond motifs is 1. The Morgan fingerprint density at radius 3 is 2.25 bits per heavy atom. The Balaban J connectivity index is 1.71. The summed E-state index contributed by atoms with van der Waals surface area (Å²) in [7, 11) is 5.78. The van der Waals surface area contributed by atoms with Crippen LogP contribution in [0.5, 0.6) is 0 Å². The van der Waals surface area contributed by atoms with Gasteiger partial charge in [-0.3, -0.25) is 14.5 Å². The first-order valence-corrected chi connectivity index (χ1v) is 12.2. The van der Waals surface area contributed by atoms with Crippen LogP contribution in [0, 0.1) is 0 Å². The van der Waals surface area contributed by atoms with Gasteiger partial charge in [0.2, 0.25) is 0 Å². The van der Waals surface area contributed by atoms with E-state index in [1.54, 1.807) is 4.90 Å². The summed E-state index contributed by atoms with van der Waals surface area (Å²) in [5.41, 5.74) is 5.19. The summed E-state index contributed by atoms with van der Waals surface area (Å²) in [5, 5.41) is 3.57. The Morgan fingerprint density at radius 2 is 1.58 bits per heavy atom. The van der Waals surface area contributed by atoms with Crippen molar-refractivity contribution in [1.29, 1.82) is 0 Å². The molecule has 184 valence electrons. The Morgan fingerprint density at radius 1 is 0.944 bits per heavy atom. The highest BCUT2D eigenvalue weighted by Gasteiger charge is 2.49. The van der Waals surface area contributed by atoms with E-state index in [1.165, 1.54) is 0 Å². The molecule has 2 heterocycles. The standard InChI is InChI=1S/C30H32N4O2/c1-30(2)27-26(29(36)33(30)5)25(19-20-11-7-6-8-12-20)34(24-14-10-9-13-23(24)31-27)28(35)21-15-17-22(18-16-21)32(3)4/h6-18,25,31H,19H2,1-5H3. The maximum absolute atomic E-state index is 14.3. The first kappa shape index (κ1) is 23.7. The molecule has 0 saturated heterocycles. The Kier molecular flexibility index (Phi) is 5.83. The third kappa shape index (κ3) is 3.83. The summed E-state index contributed by atoms with van der Waals surface area (Å²) >= 11 is 0. The second-order valence-electron chi connectivity index (χ2n) is 10.2. The molecule has 6 nitrogen and oxygen atoms in total. The van der Waals surface area contributed by atoms with Crippen LogP contribution in [0.4, 0.5) is 17.1 Å². The van der Waals surface area contributed by atoms with E-state index in [1.807, 2.05) is 124 Å². The van der Waals surface area contributed by atoms with E-state index in [4.69, 9.17) is 0 Å². The van der Waals surface area contributed by atoms with Crippen molar-refractivity contribution in [3.8, 4) is 0 Å². The highest BCUT2D eigenvalue weighted by atomic mass is 16.2. The van der Waals surface area contributed by atoms with Gasteiger partial charge in [-0.25, -0.2) is 0 Å². The van der Waals surface area contributed by atoms with E-state index < -0.39 is 11.6 Å². The van der Waals surface area contributed by atoms with Crippen molar-refractivity contribution < 1.29 is 9.59 Å². The zero-order chi connectivity index (χ0) is 25.6. The second kappa shape index (κ2) is 8.86. The van der Waals surface area contributed by atoms with Crippen molar-refractivity contribution in [3.05, 3.63) is 101 Å². The number of rotatable bonds is 4. The zero-order valence-corrected chi connectivity index (χ0v) is 21.4. The van der Waals surface area contributed by atoms with Crippen LogP contribution in [0.2, 0.25) is 0 Å². The van der Waals surface area contributed by atoms with Crippen molar-refractivity contribution in [2.45, 2.75) is 31.8 Å². The summed E-state index contributed by atoms with van der Waals surface area (Å²) in [4.78, 5) is 33.6. The number of para-hydroxylation sites is 2. The van der Waals surface area contributed by atoms with Crippen molar-refractivity contribution in [3.63, 3.8) is 0 Å². The van der Waals surface area contributed by atoms with Gasteiger partial charge in [0.1, 0.15) is 0 Å². The normalized spacial score (nSPS) is 18.4.